The number of sulfonamides is 1. The zero-order chi connectivity index (χ0) is 31.3. The molecule has 0 saturated heterocycles. The Hall–Kier alpha value is -4.81. The lowest BCUT2D eigenvalue weighted by Crippen LogP contribution is -2.36. The minimum atomic E-state index is -3.78. The molecule has 2 aromatic heterocycles. The van der Waals surface area contributed by atoms with Crippen LogP contribution in [0.5, 0.6) is 5.75 Å². The molecule has 3 atom stereocenters. The number of aromatic nitrogens is 5. The molecular weight excluding hydrogens is 592 g/mol. The maximum absolute atomic E-state index is 13.7. The van der Waals surface area contributed by atoms with E-state index < -0.39 is 16.0 Å². The molecule has 12 heteroatoms. The first-order chi connectivity index (χ1) is 21.7. The van der Waals surface area contributed by atoms with Crippen LogP contribution in [-0.2, 0) is 23.6 Å². The van der Waals surface area contributed by atoms with Crippen LogP contribution in [0.1, 0.15) is 58.9 Å². The van der Waals surface area contributed by atoms with Crippen LogP contribution in [0.4, 0.5) is 0 Å². The molecule has 3 heterocycles. The molecule has 2 unspecified atom stereocenters. The molecule has 0 amide bonds. The van der Waals surface area contributed by atoms with Gasteiger partial charge in [0.2, 0.25) is 10.0 Å². The highest BCUT2D eigenvalue weighted by Gasteiger charge is 2.46. The topological polar surface area (TPSA) is 132 Å². The van der Waals surface area contributed by atoms with E-state index in [2.05, 4.69) is 15.4 Å². The lowest BCUT2D eigenvalue weighted by atomic mass is 10.0. The Balaban J connectivity index is 1.19. The van der Waals surface area contributed by atoms with Gasteiger partial charge in [-0.2, -0.15) is 9.40 Å². The molecule has 1 aliphatic heterocycles. The normalized spacial score (nSPS) is 20.6. The molecule has 1 aliphatic carbocycles. The molecule has 1 saturated carbocycles. The molecule has 0 radical (unpaired) electrons. The number of para-hydroxylation sites is 1. The summed E-state index contributed by atoms with van der Waals surface area (Å²) in [4.78, 5) is 12.3. The fourth-order valence-electron chi connectivity index (χ4n) is 6.12. The SMILES string of the molecule is CC[C@@H]1CN(Cc2cccc(-c3cccc(-n4ncc(C(=O)O)c4C4CC4c4cn(C)nn4)c3)c2)S(=O)(=O)c2ccccc2O1. The van der Waals surface area contributed by atoms with Crippen molar-refractivity contribution in [1.29, 1.82) is 0 Å². The molecule has 45 heavy (non-hydrogen) atoms. The second kappa shape index (κ2) is 11.3. The first kappa shape index (κ1) is 28.9. The first-order valence-electron chi connectivity index (χ1n) is 14.9. The Morgan fingerprint density at radius 3 is 2.56 bits per heavy atom. The van der Waals surface area contributed by atoms with Crippen LogP contribution in [0.3, 0.4) is 0 Å². The van der Waals surface area contributed by atoms with Crippen molar-refractivity contribution < 1.29 is 23.1 Å². The first-order valence-corrected chi connectivity index (χ1v) is 16.3. The molecule has 0 spiro atoms. The third-order valence-electron chi connectivity index (χ3n) is 8.51. The molecule has 230 valence electrons. The Labute approximate surface area is 260 Å². The summed E-state index contributed by atoms with van der Waals surface area (Å²) in [5.41, 5.74) is 5.03. The Morgan fingerprint density at radius 2 is 1.80 bits per heavy atom. The Kier molecular flexibility index (Phi) is 7.25. The molecule has 1 N–H and O–H groups in total. The number of carboxylic acid groups (broad SMARTS) is 1. The number of carbonyl (C=O) groups is 1. The third-order valence-corrected chi connectivity index (χ3v) is 10.4. The molecule has 2 aliphatic rings. The van der Waals surface area contributed by atoms with Gasteiger partial charge in [0.1, 0.15) is 22.3 Å². The summed E-state index contributed by atoms with van der Waals surface area (Å²) in [6, 6.07) is 22.4. The van der Waals surface area contributed by atoms with Crippen LogP contribution in [-0.4, -0.2) is 61.2 Å². The highest BCUT2D eigenvalue weighted by atomic mass is 32.2. The molecule has 11 nitrogen and oxygen atoms in total. The fraction of sp³-hybridized carbons (Fsp3) is 0.273. The second-order valence-electron chi connectivity index (χ2n) is 11.6. The number of nitrogens with zero attached hydrogens (tertiary/aromatic N) is 6. The van der Waals surface area contributed by atoms with Crippen LogP contribution in [0.25, 0.3) is 16.8 Å². The summed E-state index contributed by atoms with van der Waals surface area (Å²) in [5.74, 6) is -0.603. The van der Waals surface area contributed by atoms with Crippen molar-refractivity contribution in [2.45, 2.75) is 49.1 Å². The van der Waals surface area contributed by atoms with Crippen LogP contribution >= 0.6 is 0 Å². The maximum Gasteiger partial charge on any atom is 0.339 e. The van der Waals surface area contributed by atoms with E-state index >= 15 is 0 Å². The van der Waals surface area contributed by atoms with Gasteiger partial charge in [0.15, 0.2) is 0 Å². The summed E-state index contributed by atoms with van der Waals surface area (Å²) in [5, 5.41) is 22.7. The number of carboxylic acids is 1. The number of ether oxygens (including phenoxy) is 1. The van der Waals surface area contributed by atoms with Gasteiger partial charge in [-0.25, -0.2) is 17.9 Å². The highest BCUT2D eigenvalue weighted by molar-refractivity contribution is 7.89. The van der Waals surface area contributed by atoms with E-state index in [1.54, 1.807) is 33.6 Å². The zero-order valence-electron chi connectivity index (χ0n) is 24.8. The van der Waals surface area contributed by atoms with Crippen molar-refractivity contribution >= 4 is 16.0 Å². The number of aryl methyl sites for hydroxylation is 1. The van der Waals surface area contributed by atoms with Crippen molar-refractivity contribution in [3.63, 3.8) is 0 Å². The van der Waals surface area contributed by atoms with Gasteiger partial charge in [-0.1, -0.05) is 54.6 Å². The monoisotopic (exact) mass is 624 g/mol. The second-order valence-corrected chi connectivity index (χ2v) is 13.5. The zero-order valence-corrected chi connectivity index (χ0v) is 25.6. The predicted molar refractivity (Wildman–Crippen MR) is 166 cm³/mol. The van der Waals surface area contributed by atoms with E-state index in [0.717, 1.165) is 34.5 Å². The summed E-state index contributed by atoms with van der Waals surface area (Å²) in [6.45, 7) is 2.43. The molecule has 7 rings (SSSR count). The number of fused-ring (bicyclic) bond motifs is 1. The van der Waals surface area contributed by atoms with Gasteiger partial charge < -0.3 is 9.84 Å². The van der Waals surface area contributed by atoms with Crippen LogP contribution in [0, 0.1) is 0 Å². The van der Waals surface area contributed by atoms with Gasteiger partial charge in [0, 0.05) is 31.6 Å². The van der Waals surface area contributed by atoms with Gasteiger partial charge in [0.25, 0.3) is 0 Å². The van der Waals surface area contributed by atoms with Crippen LogP contribution < -0.4 is 4.74 Å². The molecule has 5 aromatic rings. The minimum Gasteiger partial charge on any atom is -0.488 e. The predicted octanol–water partition coefficient (Wildman–Crippen LogP) is 5.00. The summed E-state index contributed by atoms with van der Waals surface area (Å²) < 4.78 is 38.3. The molecule has 0 bridgehead atoms. The lowest BCUT2D eigenvalue weighted by molar-refractivity contribution is 0.0695. The summed E-state index contributed by atoms with van der Waals surface area (Å²) in [7, 11) is -1.97. The Bertz CT molecular complexity index is 2020. The molecule has 3 aromatic carbocycles. The van der Waals surface area contributed by atoms with Crippen LogP contribution in [0.15, 0.2) is 90.1 Å². The molecular formula is C33H32N6O5S. The highest BCUT2D eigenvalue weighted by Crippen LogP contribution is 2.55. The van der Waals surface area contributed by atoms with Crippen molar-refractivity contribution in [3.8, 4) is 22.6 Å². The minimum absolute atomic E-state index is 0.0427. The average molecular weight is 625 g/mol. The quantitative estimate of drug-likeness (QED) is 0.255. The van der Waals surface area contributed by atoms with E-state index in [0.29, 0.717) is 17.9 Å². The van der Waals surface area contributed by atoms with Crippen molar-refractivity contribution in [2.24, 2.45) is 7.05 Å². The van der Waals surface area contributed by atoms with Gasteiger partial charge in [-0.3, -0.25) is 4.68 Å². The lowest BCUT2D eigenvalue weighted by Gasteiger charge is -2.22. The number of benzene rings is 3. The fourth-order valence-corrected chi connectivity index (χ4v) is 7.70. The largest absolute Gasteiger partial charge is 0.488 e. The standard InChI is InChI=1S/C33H32N6O5S/c1-3-25-19-38(45(42,43)31-13-5-4-12-30(31)44-25)18-21-8-6-9-22(14-21)23-10-7-11-24(15-23)39-32(28(17-34-39)33(40)41)27-16-26(27)29-20-37(2)36-35-29/h4-15,17,20,25-27H,3,16,18-19H2,1-2H3,(H,40,41)/t25-,26?,27?/m1/s1. The molecule has 1 fully saturated rings. The number of hydrogen-bond acceptors (Lipinski definition) is 7. The summed E-state index contributed by atoms with van der Waals surface area (Å²) in [6.07, 6.45) is 4.45. The maximum atomic E-state index is 13.7. The van der Waals surface area contributed by atoms with Crippen molar-refractivity contribution in [2.75, 3.05) is 6.54 Å². The van der Waals surface area contributed by atoms with Crippen molar-refractivity contribution in [1.82, 2.24) is 29.1 Å². The Morgan fingerprint density at radius 1 is 1.02 bits per heavy atom. The van der Waals surface area contributed by atoms with E-state index in [1.807, 2.05) is 68.7 Å². The van der Waals surface area contributed by atoms with Gasteiger partial charge in [-0.05, 0) is 59.9 Å². The van der Waals surface area contributed by atoms with E-state index in [9.17, 15) is 18.3 Å². The van der Waals surface area contributed by atoms with Gasteiger partial charge in [0.05, 0.1) is 29.8 Å². The number of rotatable bonds is 8. The van der Waals surface area contributed by atoms with Gasteiger partial charge in [-0.15, -0.1) is 5.10 Å². The van der Waals surface area contributed by atoms with E-state index in [4.69, 9.17) is 4.74 Å². The van der Waals surface area contributed by atoms with E-state index in [-0.39, 0.29) is 41.5 Å². The van der Waals surface area contributed by atoms with E-state index in [1.165, 1.54) is 10.5 Å². The number of hydrogen-bond donors (Lipinski definition) is 1. The van der Waals surface area contributed by atoms with Crippen LogP contribution in [0.2, 0.25) is 0 Å². The number of aromatic carboxylic acids is 1. The average Bonchev–Trinajstić information content (AvgIpc) is 3.52. The van der Waals surface area contributed by atoms with Crippen molar-refractivity contribution in [3.05, 3.63) is 108 Å². The third kappa shape index (κ3) is 5.40. The smallest absolute Gasteiger partial charge is 0.339 e. The van der Waals surface area contributed by atoms with Gasteiger partial charge >= 0.3 is 5.97 Å². The summed E-state index contributed by atoms with van der Waals surface area (Å²) >= 11 is 0.